The lowest BCUT2D eigenvalue weighted by molar-refractivity contribution is -0.138. The van der Waals surface area contributed by atoms with Crippen molar-refractivity contribution in [2.24, 2.45) is 21.6 Å². The summed E-state index contributed by atoms with van der Waals surface area (Å²) in [4.78, 5) is 40.4. The zero-order valence-electron chi connectivity index (χ0n) is 28.3. The van der Waals surface area contributed by atoms with Crippen LogP contribution in [0.5, 0.6) is 0 Å². The zero-order valence-corrected chi connectivity index (χ0v) is 29.0. The van der Waals surface area contributed by atoms with Gasteiger partial charge in [-0.3, -0.25) is 19.7 Å². The number of nitrogens with zero attached hydrogens (tertiary/aromatic N) is 7. The van der Waals surface area contributed by atoms with Gasteiger partial charge in [0.05, 0.1) is 23.9 Å². The molecular weight excluding hydrogens is 672 g/mol. The molecule has 1 unspecified atom stereocenters. The van der Waals surface area contributed by atoms with Crippen LogP contribution in [-0.2, 0) is 14.3 Å². The molecule has 0 saturated carbocycles. The van der Waals surface area contributed by atoms with Gasteiger partial charge in [-0.05, 0) is 47.9 Å². The van der Waals surface area contributed by atoms with Gasteiger partial charge in [0.15, 0.2) is 17.3 Å². The molecule has 4 heterocycles. The Hall–Kier alpha value is -4.63. The number of carbonyl (C=O) groups is 2. The van der Waals surface area contributed by atoms with E-state index in [0.29, 0.717) is 70.2 Å². The van der Waals surface area contributed by atoms with E-state index in [4.69, 9.17) is 31.8 Å². The Morgan fingerprint density at radius 2 is 2.08 bits per heavy atom. The predicted octanol–water partition coefficient (Wildman–Crippen LogP) is 5.96. The largest absolute Gasteiger partial charge is 0.447 e. The number of hydrogen-bond acceptors (Lipinski definition) is 9. The second-order valence-corrected chi connectivity index (χ2v) is 14.6. The molecule has 6 rings (SSSR count). The molecule has 13 nitrogen and oxygen atoms in total. The maximum atomic E-state index is 15.1. The number of nitrogens with two attached hydrogens (primary N) is 1. The summed E-state index contributed by atoms with van der Waals surface area (Å²) in [5, 5.41) is 10.9. The summed E-state index contributed by atoms with van der Waals surface area (Å²) in [5.41, 5.74) is 6.44. The van der Waals surface area contributed by atoms with Gasteiger partial charge in [0.1, 0.15) is 19.7 Å². The Balaban J connectivity index is 1.37. The van der Waals surface area contributed by atoms with Crippen LogP contribution >= 0.6 is 11.6 Å². The summed E-state index contributed by atoms with van der Waals surface area (Å²) in [5.74, 6) is 0.0226. The van der Waals surface area contributed by atoms with Crippen molar-refractivity contribution in [1.29, 1.82) is 0 Å². The van der Waals surface area contributed by atoms with Crippen molar-refractivity contribution < 1.29 is 27.8 Å². The first-order valence-corrected chi connectivity index (χ1v) is 16.6. The first kappa shape index (κ1) is 35.2. The molecular formula is C34H40ClF2N9O4. The van der Waals surface area contributed by atoms with Crippen LogP contribution in [0.1, 0.15) is 70.7 Å². The number of ether oxygens (including phenoxy) is 2. The smallest absolute Gasteiger partial charge is 0.411 e. The molecule has 1 aliphatic carbocycles. The van der Waals surface area contributed by atoms with E-state index < -0.39 is 29.6 Å². The SMILES string of the molecule is CC(C)(C)C[C@]1(C2(C)C=CC(c3cnn(C(F)F)c3)=CC2)N=C(N)N([C@H](COC(=O)N2CCCOC2)c2ccc(Cl)c(-c3ncn[nH]3)c2)C1=O. The highest BCUT2D eigenvalue weighted by molar-refractivity contribution is 6.33. The molecule has 3 aliphatic rings. The van der Waals surface area contributed by atoms with E-state index >= 15 is 4.79 Å². The van der Waals surface area contributed by atoms with Gasteiger partial charge in [-0.1, -0.05) is 63.6 Å². The lowest BCUT2D eigenvalue weighted by atomic mass is 9.61. The molecule has 0 bridgehead atoms. The number of halogens is 3. The van der Waals surface area contributed by atoms with E-state index in [9.17, 15) is 13.6 Å². The van der Waals surface area contributed by atoms with Crippen molar-refractivity contribution in [1.82, 2.24) is 34.8 Å². The van der Waals surface area contributed by atoms with Crippen molar-refractivity contribution >= 4 is 35.1 Å². The van der Waals surface area contributed by atoms with Crippen molar-refractivity contribution in [3.05, 3.63) is 71.3 Å². The number of rotatable bonds is 9. The zero-order chi connectivity index (χ0) is 35.8. The van der Waals surface area contributed by atoms with E-state index in [0.717, 1.165) is 0 Å². The molecule has 2 amide bonds. The molecule has 0 spiro atoms. The number of alkyl halides is 2. The van der Waals surface area contributed by atoms with E-state index in [1.54, 1.807) is 18.2 Å². The van der Waals surface area contributed by atoms with Crippen molar-refractivity contribution in [3.63, 3.8) is 0 Å². The van der Waals surface area contributed by atoms with Gasteiger partial charge in [-0.15, -0.1) is 0 Å². The van der Waals surface area contributed by atoms with Crippen LogP contribution in [0, 0.1) is 10.8 Å². The van der Waals surface area contributed by atoms with Gasteiger partial charge in [0.2, 0.25) is 0 Å². The van der Waals surface area contributed by atoms with Gasteiger partial charge in [-0.25, -0.2) is 19.5 Å². The predicted molar refractivity (Wildman–Crippen MR) is 182 cm³/mol. The van der Waals surface area contributed by atoms with E-state index in [-0.39, 0.29) is 30.6 Å². The molecule has 1 fully saturated rings. The van der Waals surface area contributed by atoms with Crippen LogP contribution in [0.2, 0.25) is 5.02 Å². The highest BCUT2D eigenvalue weighted by atomic mass is 35.5. The minimum atomic E-state index is -2.76. The van der Waals surface area contributed by atoms with Crippen molar-refractivity contribution in [2.45, 2.75) is 65.1 Å². The fourth-order valence-corrected chi connectivity index (χ4v) is 6.98. The summed E-state index contributed by atoms with van der Waals surface area (Å²) in [6.07, 6.45) is 10.4. The fourth-order valence-electron chi connectivity index (χ4n) is 6.77. The normalized spacial score (nSPS) is 23.3. The molecule has 1 aromatic carbocycles. The third kappa shape index (κ3) is 6.75. The molecule has 3 atom stereocenters. The van der Waals surface area contributed by atoms with Gasteiger partial charge >= 0.3 is 12.6 Å². The highest BCUT2D eigenvalue weighted by Crippen LogP contribution is 2.52. The van der Waals surface area contributed by atoms with Gasteiger partial charge in [0, 0.05) is 29.3 Å². The Morgan fingerprint density at radius 3 is 2.70 bits per heavy atom. The lowest BCUT2D eigenvalue weighted by Gasteiger charge is -2.45. The number of hydrogen-bond donors (Lipinski definition) is 2. The quantitative estimate of drug-likeness (QED) is 0.276. The molecule has 266 valence electrons. The van der Waals surface area contributed by atoms with E-state index in [1.807, 2.05) is 45.9 Å². The topological polar surface area (TPSA) is 157 Å². The average molecular weight is 712 g/mol. The minimum Gasteiger partial charge on any atom is -0.447 e. The number of allylic oxidation sites excluding steroid dienone is 3. The lowest BCUT2D eigenvalue weighted by Crippen LogP contribution is -2.55. The standard InChI is InChI=1S/C34H40ClF2N9O4/c1-32(2,3)18-34(33(4)10-8-21(9-11-33)23-15-41-45(16-23)29(36)37)28(47)46(30(38)42-34)26(17-50-31(48)44-12-5-13-49-20-44)22-6-7-25(35)24(14-22)27-39-19-40-43-27/h6-10,14-16,19,26,29H,5,11-13,17-18,20H2,1-4H3,(H2,38,42)(H,39,40,43)/t26-,33?,34+/m1/s1. The summed E-state index contributed by atoms with van der Waals surface area (Å²) in [6, 6.07) is 4.27. The number of guanidine groups is 1. The Bertz CT molecular complexity index is 1830. The third-order valence-electron chi connectivity index (χ3n) is 9.31. The summed E-state index contributed by atoms with van der Waals surface area (Å²) >= 11 is 6.57. The van der Waals surface area contributed by atoms with Crippen LogP contribution in [0.4, 0.5) is 13.6 Å². The van der Waals surface area contributed by atoms with Crippen LogP contribution in [0.15, 0.2) is 60.1 Å². The summed E-state index contributed by atoms with van der Waals surface area (Å²) < 4.78 is 38.4. The number of H-pyrrole nitrogens is 1. The first-order valence-electron chi connectivity index (χ1n) is 16.3. The molecule has 50 heavy (non-hydrogen) atoms. The average Bonchev–Trinajstić information content (AvgIpc) is 3.84. The fraction of sp³-hybridized carbons (Fsp3) is 0.471. The summed E-state index contributed by atoms with van der Waals surface area (Å²) in [6.45, 7) is 6.14. The molecule has 16 heteroatoms. The van der Waals surface area contributed by atoms with Crippen LogP contribution in [-0.4, -0.2) is 84.7 Å². The highest BCUT2D eigenvalue weighted by Gasteiger charge is 2.60. The van der Waals surface area contributed by atoms with E-state index in [2.05, 4.69) is 20.3 Å². The number of amides is 2. The number of aromatic nitrogens is 5. The molecule has 3 N–H and O–H groups in total. The van der Waals surface area contributed by atoms with Crippen LogP contribution < -0.4 is 5.73 Å². The summed E-state index contributed by atoms with van der Waals surface area (Å²) in [7, 11) is 0. The number of aromatic amines is 1. The molecule has 2 aliphatic heterocycles. The van der Waals surface area contributed by atoms with Crippen LogP contribution in [0.25, 0.3) is 17.0 Å². The Morgan fingerprint density at radius 1 is 1.28 bits per heavy atom. The third-order valence-corrected chi connectivity index (χ3v) is 9.64. The molecule has 3 aromatic rings. The monoisotopic (exact) mass is 711 g/mol. The van der Waals surface area contributed by atoms with Gasteiger partial charge in [0.25, 0.3) is 5.91 Å². The Labute approximate surface area is 293 Å². The Kier molecular flexibility index (Phi) is 9.57. The number of benzene rings is 1. The first-order chi connectivity index (χ1) is 23.7. The van der Waals surface area contributed by atoms with Gasteiger partial charge in [-0.2, -0.15) is 19.0 Å². The maximum Gasteiger partial charge on any atom is 0.411 e. The maximum absolute atomic E-state index is 15.1. The second kappa shape index (κ2) is 13.6. The molecule has 0 radical (unpaired) electrons. The molecule has 1 saturated heterocycles. The number of carbonyl (C=O) groups excluding carboxylic acids is 2. The van der Waals surface area contributed by atoms with Gasteiger partial charge < -0.3 is 15.2 Å². The second-order valence-electron chi connectivity index (χ2n) is 14.2. The number of aliphatic imine (C=N–C) groups is 1. The minimum absolute atomic E-state index is 0.0274. The molecule has 2 aromatic heterocycles. The van der Waals surface area contributed by atoms with Crippen molar-refractivity contribution in [3.8, 4) is 11.4 Å². The number of nitrogens with one attached hydrogen (secondary N) is 1. The van der Waals surface area contributed by atoms with Crippen molar-refractivity contribution in [2.75, 3.05) is 26.5 Å². The van der Waals surface area contributed by atoms with E-state index in [1.165, 1.54) is 28.5 Å². The van der Waals surface area contributed by atoms with Crippen LogP contribution in [0.3, 0.4) is 0 Å².